The van der Waals surface area contributed by atoms with Crippen molar-refractivity contribution in [1.82, 2.24) is 4.90 Å². The molecule has 1 aliphatic rings. The van der Waals surface area contributed by atoms with Gasteiger partial charge in [0.05, 0.1) is 25.8 Å². The summed E-state index contributed by atoms with van der Waals surface area (Å²) >= 11 is 0. The van der Waals surface area contributed by atoms with E-state index < -0.39 is 5.97 Å². The van der Waals surface area contributed by atoms with Crippen molar-refractivity contribution in [2.45, 2.75) is 6.54 Å². The van der Waals surface area contributed by atoms with Crippen molar-refractivity contribution < 1.29 is 19.4 Å². The van der Waals surface area contributed by atoms with Gasteiger partial charge in [-0.05, 0) is 17.7 Å². The molecule has 0 fully saturated rings. The Kier molecular flexibility index (Phi) is 3.74. The predicted octanol–water partition coefficient (Wildman–Crippen LogP) is 0.464. The number of hydrogen-bond acceptors (Lipinski definition) is 5. The van der Waals surface area contributed by atoms with Crippen LogP contribution in [-0.4, -0.2) is 48.6 Å². The first-order valence-electron chi connectivity index (χ1n) is 5.73. The summed E-state index contributed by atoms with van der Waals surface area (Å²) in [6.07, 6.45) is 0. The van der Waals surface area contributed by atoms with Gasteiger partial charge in [-0.25, -0.2) is 4.79 Å². The fourth-order valence-corrected chi connectivity index (χ4v) is 2.13. The Morgan fingerprint density at radius 2 is 2.22 bits per heavy atom. The molecular weight excluding hydrogens is 234 g/mol. The minimum atomic E-state index is -0.412. The van der Waals surface area contributed by atoms with E-state index in [2.05, 4.69) is 4.74 Å². The molecule has 2 rings (SSSR count). The highest BCUT2D eigenvalue weighted by molar-refractivity contribution is 6.01. The highest BCUT2D eigenvalue weighted by Gasteiger charge is 2.23. The molecule has 5 nitrogen and oxygen atoms in total. The monoisotopic (exact) mass is 249 g/mol. The van der Waals surface area contributed by atoms with E-state index in [4.69, 9.17) is 5.11 Å². The quantitative estimate of drug-likeness (QED) is 0.788. The standard InChI is InChI=1S/C13H15NO4/c1-18-13(17)9-2-3-11-10(6-9)7-14(4-5-15)8-12(11)16/h2-3,6,15H,4-5,7-8H2,1H3. The second-order valence-electron chi connectivity index (χ2n) is 4.22. The lowest BCUT2D eigenvalue weighted by Gasteiger charge is -2.27. The SMILES string of the molecule is COC(=O)c1ccc2c(c1)CN(CCO)CC2=O. The molecule has 0 spiro atoms. The van der Waals surface area contributed by atoms with Crippen LogP contribution in [0.15, 0.2) is 18.2 Å². The summed E-state index contributed by atoms with van der Waals surface area (Å²) in [5.74, 6) is -0.398. The third-order valence-electron chi connectivity index (χ3n) is 3.00. The van der Waals surface area contributed by atoms with Crippen LogP contribution in [0.4, 0.5) is 0 Å². The first kappa shape index (κ1) is 12.7. The second kappa shape index (κ2) is 5.29. The summed E-state index contributed by atoms with van der Waals surface area (Å²) in [6.45, 7) is 1.34. The number of ketones is 1. The molecule has 0 bridgehead atoms. The molecule has 0 aliphatic carbocycles. The average Bonchev–Trinajstić information content (AvgIpc) is 2.37. The molecule has 0 radical (unpaired) electrons. The minimum absolute atomic E-state index is 0.0132. The molecule has 1 N–H and O–H groups in total. The van der Waals surface area contributed by atoms with Gasteiger partial charge in [-0.3, -0.25) is 9.69 Å². The number of β-amino-alcohol motifs (C(OH)–C–C–N with tert-alkyl or cyclic N) is 1. The van der Waals surface area contributed by atoms with Gasteiger partial charge >= 0.3 is 5.97 Å². The topological polar surface area (TPSA) is 66.8 Å². The molecule has 5 heteroatoms. The fourth-order valence-electron chi connectivity index (χ4n) is 2.13. The van der Waals surface area contributed by atoms with Crippen molar-refractivity contribution >= 4 is 11.8 Å². The number of aliphatic hydroxyl groups is 1. The van der Waals surface area contributed by atoms with Crippen LogP contribution >= 0.6 is 0 Å². The largest absolute Gasteiger partial charge is 0.465 e. The first-order chi connectivity index (χ1) is 8.65. The maximum absolute atomic E-state index is 11.9. The van der Waals surface area contributed by atoms with E-state index in [1.165, 1.54) is 7.11 Å². The summed E-state index contributed by atoms with van der Waals surface area (Å²) in [5, 5.41) is 8.91. The molecular formula is C13H15NO4. The summed E-state index contributed by atoms with van der Waals surface area (Å²) in [5.41, 5.74) is 1.90. The van der Waals surface area contributed by atoms with Gasteiger partial charge in [0.2, 0.25) is 0 Å². The van der Waals surface area contributed by atoms with Crippen molar-refractivity contribution in [3.63, 3.8) is 0 Å². The van der Waals surface area contributed by atoms with E-state index in [0.29, 0.717) is 30.8 Å². The van der Waals surface area contributed by atoms with Crippen LogP contribution in [0, 0.1) is 0 Å². The van der Waals surface area contributed by atoms with Crippen molar-refractivity contribution in [3.05, 3.63) is 34.9 Å². The fraction of sp³-hybridized carbons (Fsp3) is 0.385. The number of nitrogens with zero attached hydrogens (tertiary/aromatic N) is 1. The second-order valence-corrected chi connectivity index (χ2v) is 4.22. The van der Waals surface area contributed by atoms with Gasteiger partial charge in [0, 0.05) is 18.7 Å². The van der Waals surface area contributed by atoms with E-state index in [-0.39, 0.29) is 12.4 Å². The predicted molar refractivity (Wildman–Crippen MR) is 64.5 cm³/mol. The minimum Gasteiger partial charge on any atom is -0.465 e. The van der Waals surface area contributed by atoms with Gasteiger partial charge in [0.15, 0.2) is 5.78 Å². The number of Topliss-reactive ketones (excluding diaryl/α,β-unsaturated/α-hetero) is 1. The van der Waals surface area contributed by atoms with E-state index in [0.717, 1.165) is 5.56 Å². The number of methoxy groups -OCH3 is 1. The molecule has 96 valence electrons. The maximum Gasteiger partial charge on any atom is 0.337 e. The van der Waals surface area contributed by atoms with Crippen LogP contribution in [0.25, 0.3) is 0 Å². The number of benzene rings is 1. The van der Waals surface area contributed by atoms with Crippen LogP contribution in [-0.2, 0) is 11.3 Å². The zero-order valence-corrected chi connectivity index (χ0v) is 10.2. The molecule has 1 heterocycles. The molecule has 1 aromatic carbocycles. The van der Waals surface area contributed by atoms with Crippen molar-refractivity contribution in [1.29, 1.82) is 0 Å². The number of carbonyl (C=O) groups is 2. The van der Waals surface area contributed by atoms with E-state index in [1.807, 2.05) is 4.90 Å². The Balaban J connectivity index is 2.31. The highest BCUT2D eigenvalue weighted by atomic mass is 16.5. The lowest BCUT2D eigenvalue weighted by atomic mass is 9.96. The number of ether oxygens (including phenoxy) is 1. The van der Waals surface area contributed by atoms with Crippen molar-refractivity contribution in [3.8, 4) is 0 Å². The molecule has 1 aromatic rings. The molecule has 0 saturated carbocycles. The smallest absolute Gasteiger partial charge is 0.337 e. The summed E-state index contributed by atoms with van der Waals surface area (Å²) < 4.78 is 4.65. The van der Waals surface area contributed by atoms with Crippen LogP contribution in [0.5, 0.6) is 0 Å². The lowest BCUT2D eigenvalue weighted by molar-refractivity contribution is 0.0599. The zero-order chi connectivity index (χ0) is 13.1. The Hall–Kier alpha value is -1.72. The normalized spacial score (nSPS) is 15.3. The Morgan fingerprint density at radius 3 is 2.89 bits per heavy atom. The number of esters is 1. The number of aliphatic hydroxyl groups excluding tert-OH is 1. The summed E-state index contributed by atoms with van der Waals surface area (Å²) in [4.78, 5) is 25.2. The highest BCUT2D eigenvalue weighted by Crippen LogP contribution is 2.20. The maximum atomic E-state index is 11.9. The van der Waals surface area contributed by atoms with Gasteiger partial charge < -0.3 is 9.84 Å². The van der Waals surface area contributed by atoms with Crippen LogP contribution in [0.1, 0.15) is 26.3 Å². The van der Waals surface area contributed by atoms with E-state index >= 15 is 0 Å². The number of carbonyl (C=O) groups excluding carboxylic acids is 2. The Labute approximate surface area is 105 Å². The van der Waals surface area contributed by atoms with Crippen LogP contribution in [0.2, 0.25) is 0 Å². The number of rotatable bonds is 3. The van der Waals surface area contributed by atoms with Gasteiger partial charge in [-0.1, -0.05) is 6.07 Å². The third-order valence-corrected chi connectivity index (χ3v) is 3.00. The Morgan fingerprint density at radius 1 is 1.44 bits per heavy atom. The van der Waals surface area contributed by atoms with Crippen molar-refractivity contribution in [2.75, 3.05) is 26.8 Å². The number of hydrogen-bond donors (Lipinski definition) is 1. The molecule has 18 heavy (non-hydrogen) atoms. The third kappa shape index (κ3) is 2.42. The molecule has 0 unspecified atom stereocenters. The summed E-state index contributed by atoms with van der Waals surface area (Å²) in [6, 6.07) is 4.95. The van der Waals surface area contributed by atoms with E-state index in [1.54, 1.807) is 18.2 Å². The average molecular weight is 249 g/mol. The van der Waals surface area contributed by atoms with Crippen LogP contribution in [0.3, 0.4) is 0 Å². The molecule has 0 saturated heterocycles. The zero-order valence-electron chi connectivity index (χ0n) is 10.2. The molecule has 0 atom stereocenters. The van der Waals surface area contributed by atoms with Gasteiger partial charge in [0.1, 0.15) is 0 Å². The van der Waals surface area contributed by atoms with Gasteiger partial charge in [0.25, 0.3) is 0 Å². The molecule has 0 aromatic heterocycles. The van der Waals surface area contributed by atoms with Crippen molar-refractivity contribution in [2.24, 2.45) is 0 Å². The van der Waals surface area contributed by atoms with Gasteiger partial charge in [-0.2, -0.15) is 0 Å². The molecule has 1 aliphatic heterocycles. The summed E-state index contributed by atoms with van der Waals surface area (Å²) in [7, 11) is 1.32. The van der Waals surface area contributed by atoms with E-state index in [9.17, 15) is 9.59 Å². The number of fused-ring (bicyclic) bond motifs is 1. The first-order valence-corrected chi connectivity index (χ1v) is 5.73. The molecule has 0 amide bonds. The van der Waals surface area contributed by atoms with Crippen LogP contribution < -0.4 is 0 Å². The Bertz CT molecular complexity index is 484. The lowest BCUT2D eigenvalue weighted by Crippen LogP contribution is -2.36. The van der Waals surface area contributed by atoms with Gasteiger partial charge in [-0.15, -0.1) is 0 Å².